The van der Waals surface area contributed by atoms with Crippen LogP contribution in [0.5, 0.6) is 0 Å². The van der Waals surface area contributed by atoms with Gasteiger partial charge in [-0.05, 0) is 6.92 Å². The topological polar surface area (TPSA) is 118 Å². The Morgan fingerprint density at radius 3 is 2.72 bits per heavy atom. The Hall–Kier alpha value is -1.93. The van der Waals surface area contributed by atoms with Gasteiger partial charge in [0.2, 0.25) is 0 Å². The van der Waals surface area contributed by atoms with Crippen molar-refractivity contribution in [3.05, 3.63) is 28.1 Å². The van der Waals surface area contributed by atoms with Gasteiger partial charge in [-0.3, -0.25) is 14.9 Å². The number of aryl methyl sites for hydroxylation is 1. The van der Waals surface area contributed by atoms with Crippen LogP contribution in [-0.4, -0.2) is 44.4 Å². The minimum absolute atomic E-state index is 0.107. The number of hydrogen-bond acceptors (Lipinski definition) is 5. The van der Waals surface area contributed by atoms with E-state index in [1.165, 1.54) is 24.7 Å². The molecule has 1 rings (SSSR count). The molecular weight excluding hydrogens is 242 g/mol. The molecule has 0 aliphatic rings. The predicted octanol–water partition coefficient (Wildman–Crippen LogP) is -0.594. The molecule has 0 saturated heterocycles. The number of aliphatic hydroxyl groups excluding tert-OH is 1. The smallest absolute Gasteiger partial charge is 0.287 e. The van der Waals surface area contributed by atoms with E-state index in [0.717, 1.165) is 6.07 Å². The lowest BCUT2D eigenvalue weighted by atomic mass is 10.1. The summed E-state index contributed by atoms with van der Waals surface area (Å²) in [6.07, 6.45) is 1.22. The maximum absolute atomic E-state index is 11.7. The van der Waals surface area contributed by atoms with Crippen molar-refractivity contribution in [1.29, 1.82) is 0 Å². The second kappa shape index (κ2) is 5.15. The second-order valence-corrected chi connectivity index (χ2v) is 4.29. The summed E-state index contributed by atoms with van der Waals surface area (Å²) in [6, 6.07) is 1.14. The van der Waals surface area contributed by atoms with E-state index in [9.17, 15) is 20.0 Å². The minimum Gasteiger partial charge on any atom is -0.393 e. The highest BCUT2D eigenvalue weighted by atomic mass is 16.6. The molecule has 0 aliphatic heterocycles. The lowest BCUT2D eigenvalue weighted by Gasteiger charge is -2.20. The minimum atomic E-state index is -1.42. The number of nitrogens with one attached hydrogen (secondary N) is 1. The lowest BCUT2D eigenvalue weighted by Crippen LogP contribution is -2.43. The van der Waals surface area contributed by atoms with Crippen LogP contribution in [-0.2, 0) is 7.05 Å². The Morgan fingerprint density at radius 1 is 1.67 bits per heavy atom. The third-order valence-electron chi connectivity index (χ3n) is 2.40. The molecule has 0 spiro atoms. The maximum atomic E-state index is 11.7. The molecule has 1 unspecified atom stereocenters. The zero-order valence-electron chi connectivity index (χ0n) is 10.1. The van der Waals surface area contributed by atoms with Crippen LogP contribution < -0.4 is 5.32 Å². The van der Waals surface area contributed by atoms with Crippen molar-refractivity contribution in [2.75, 3.05) is 13.2 Å². The SMILES string of the molecule is Cn1cc([N+](=O)[O-])cc1C(=O)NCC(C)(O)CO. The number of carbonyl (C=O) groups excluding carboxylic acids is 1. The van der Waals surface area contributed by atoms with Crippen LogP contribution in [0.1, 0.15) is 17.4 Å². The van der Waals surface area contributed by atoms with Gasteiger partial charge in [0.15, 0.2) is 0 Å². The number of rotatable bonds is 5. The van der Waals surface area contributed by atoms with E-state index in [0.29, 0.717) is 0 Å². The molecule has 0 fully saturated rings. The van der Waals surface area contributed by atoms with E-state index in [-0.39, 0.29) is 17.9 Å². The van der Waals surface area contributed by atoms with Crippen LogP contribution in [0, 0.1) is 10.1 Å². The van der Waals surface area contributed by atoms with Crippen LogP contribution in [0.3, 0.4) is 0 Å². The Labute approximate surface area is 103 Å². The Balaban J connectivity index is 2.76. The number of amides is 1. The standard InChI is InChI=1S/C10H15N3O5/c1-10(16,6-14)5-11-9(15)8-3-7(13(17)18)4-12(8)2/h3-4,14,16H,5-6H2,1-2H3,(H,11,15). The summed E-state index contributed by atoms with van der Waals surface area (Å²) in [4.78, 5) is 21.7. The molecule has 3 N–H and O–H groups in total. The summed E-state index contributed by atoms with van der Waals surface area (Å²) in [5, 5.41) is 31.2. The fourth-order valence-electron chi connectivity index (χ4n) is 1.29. The first-order chi connectivity index (χ1) is 8.26. The molecule has 0 saturated carbocycles. The Kier molecular flexibility index (Phi) is 4.04. The van der Waals surface area contributed by atoms with Crippen molar-refractivity contribution in [1.82, 2.24) is 9.88 Å². The fraction of sp³-hybridized carbons (Fsp3) is 0.500. The third kappa shape index (κ3) is 3.28. The molecule has 0 aliphatic carbocycles. The molecule has 0 aromatic carbocycles. The van der Waals surface area contributed by atoms with Crippen molar-refractivity contribution in [2.24, 2.45) is 7.05 Å². The number of nitrogens with zero attached hydrogens (tertiary/aromatic N) is 2. The van der Waals surface area contributed by atoms with Gasteiger partial charge in [-0.1, -0.05) is 0 Å². The van der Waals surface area contributed by atoms with Crippen LogP contribution in [0.25, 0.3) is 0 Å². The summed E-state index contributed by atoms with van der Waals surface area (Å²) < 4.78 is 1.32. The fourth-order valence-corrected chi connectivity index (χ4v) is 1.29. The highest BCUT2D eigenvalue weighted by molar-refractivity contribution is 5.93. The van der Waals surface area contributed by atoms with Gasteiger partial charge in [0.1, 0.15) is 11.3 Å². The summed E-state index contributed by atoms with van der Waals surface area (Å²) in [5.41, 5.74) is -1.50. The molecular formula is C10H15N3O5. The molecule has 1 amide bonds. The molecule has 0 radical (unpaired) electrons. The second-order valence-electron chi connectivity index (χ2n) is 4.29. The molecule has 1 heterocycles. The summed E-state index contributed by atoms with van der Waals surface area (Å²) >= 11 is 0. The van der Waals surface area contributed by atoms with Crippen molar-refractivity contribution < 1.29 is 19.9 Å². The van der Waals surface area contributed by atoms with Gasteiger partial charge >= 0.3 is 0 Å². The van der Waals surface area contributed by atoms with Crippen LogP contribution in [0.2, 0.25) is 0 Å². The van der Waals surface area contributed by atoms with Crippen LogP contribution >= 0.6 is 0 Å². The number of aliphatic hydroxyl groups is 2. The summed E-state index contributed by atoms with van der Waals surface area (Å²) in [7, 11) is 1.51. The summed E-state index contributed by atoms with van der Waals surface area (Å²) in [5.74, 6) is -0.556. The normalized spacial score (nSPS) is 14.0. The molecule has 1 aromatic heterocycles. The largest absolute Gasteiger partial charge is 0.393 e. The monoisotopic (exact) mass is 257 g/mol. The number of nitro groups is 1. The van der Waals surface area contributed by atoms with Gasteiger partial charge in [-0.2, -0.15) is 0 Å². The number of carbonyl (C=O) groups is 1. The first-order valence-electron chi connectivity index (χ1n) is 5.19. The van der Waals surface area contributed by atoms with Gasteiger partial charge in [-0.15, -0.1) is 0 Å². The zero-order valence-corrected chi connectivity index (χ0v) is 10.1. The molecule has 18 heavy (non-hydrogen) atoms. The molecule has 1 atom stereocenters. The lowest BCUT2D eigenvalue weighted by molar-refractivity contribution is -0.384. The van der Waals surface area contributed by atoms with E-state index < -0.39 is 23.0 Å². The van der Waals surface area contributed by atoms with Crippen LogP contribution in [0.4, 0.5) is 5.69 Å². The van der Waals surface area contributed by atoms with E-state index in [4.69, 9.17) is 5.11 Å². The van der Waals surface area contributed by atoms with Crippen molar-refractivity contribution in [3.8, 4) is 0 Å². The van der Waals surface area contributed by atoms with Gasteiger partial charge in [0.25, 0.3) is 11.6 Å². The maximum Gasteiger partial charge on any atom is 0.287 e. The van der Waals surface area contributed by atoms with Gasteiger partial charge in [0.05, 0.1) is 17.7 Å². The molecule has 8 nitrogen and oxygen atoms in total. The van der Waals surface area contributed by atoms with Crippen molar-refractivity contribution in [2.45, 2.75) is 12.5 Å². The van der Waals surface area contributed by atoms with Crippen molar-refractivity contribution >= 4 is 11.6 Å². The molecule has 1 aromatic rings. The van der Waals surface area contributed by atoms with Crippen molar-refractivity contribution in [3.63, 3.8) is 0 Å². The Bertz CT molecular complexity index is 466. The first-order valence-corrected chi connectivity index (χ1v) is 5.19. The number of aromatic nitrogens is 1. The zero-order chi connectivity index (χ0) is 13.9. The summed E-state index contributed by atoms with van der Waals surface area (Å²) in [6.45, 7) is 0.711. The highest BCUT2D eigenvalue weighted by Crippen LogP contribution is 2.15. The van der Waals surface area contributed by atoms with E-state index in [2.05, 4.69) is 5.32 Å². The van der Waals surface area contributed by atoms with Gasteiger partial charge < -0.3 is 20.1 Å². The van der Waals surface area contributed by atoms with E-state index in [1.807, 2.05) is 0 Å². The molecule has 100 valence electrons. The average Bonchev–Trinajstić information content (AvgIpc) is 2.69. The van der Waals surface area contributed by atoms with E-state index >= 15 is 0 Å². The quantitative estimate of drug-likeness (QED) is 0.481. The third-order valence-corrected chi connectivity index (χ3v) is 2.40. The molecule has 0 bridgehead atoms. The van der Waals surface area contributed by atoms with Gasteiger partial charge in [-0.25, -0.2) is 0 Å². The van der Waals surface area contributed by atoms with Gasteiger partial charge in [0, 0.05) is 19.7 Å². The Morgan fingerprint density at radius 2 is 2.28 bits per heavy atom. The molecule has 8 heteroatoms. The van der Waals surface area contributed by atoms with Crippen LogP contribution in [0.15, 0.2) is 12.3 Å². The number of hydrogen-bond donors (Lipinski definition) is 3. The predicted molar refractivity (Wildman–Crippen MR) is 62.1 cm³/mol. The average molecular weight is 257 g/mol. The first kappa shape index (κ1) is 14.1. The van der Waals surface area contributed by atoms with E-state index in [1.54, 1.807) is 0 Å². The highest BCUT2D eigenvalue weighted by Gasteiger charge is 2.22.